The van der Waals surface area contributed by atoms with E-state index in [4.69, 9.17) is 15.0 Å². The Hall–Kier alpha value is -8.41. The van der Waals surface area contributed by atoms with Gasteiger partial charge in [0.2, 0.25) is 0 Å². The molecule has 3 heterocycles. The number of para-hydroxylation sites is 3. The first kappa shape index (κ1) is 34.5. The summed E-state index contributed by atoms with van der Waals surface area (Å²) >= 11 is 0. The van der Waals surface area contributed by atoms with Gasteiger partial charge in [-0.2, -0.15) is 0 Å². The number of fused-ring (bicyclic) bond motifs is 13. The third kappa shape index (κ3) is 5.12. The van der Waals surface area contributed by atoms with Crippen molar-refractivity contribution in [1.29, 1.82) is 0 Å². The molecule has 0 saturated carbocycles. The lowest BCUT2D eigenvalue weighted by atomic mass is 9.91. The summed E-state index contributed by atoms with van der Waals surface area (Å²) in [5.74, 6) is 1.88. The van der Waals surface area contributed by atoms with E-state index >= 15 is 0 Å². The number of aromatic nitrogens is 5. The Bertz CT molecular complexity index is 3850. The minimum atomic E-state index is 0.615. The van der Waals surface area contributed by atoms with Crippen LogP contribution < -0.4 is 0 Å². The van der Waals surface area contributed by atoms with Gasteiger partial charge in [-0.3, -0.25) is 0 Å². The highest BCUT2D eigenvalue weighted by Gasteiger charge is 2.24. The summed E-state index contributed by atoms with van der Waals surface area (Å²) in [6.07, 6.45) is 0. The number of hydrogen-bond donors (Lipinski definition) is 0. The zero-order valence-corrected chi connectivity index (χ0v) is 33.4. The van der Waals surface area contributed by atoms with E-state index in [9.17, 15) is 0 Å². The maximum absolute atomic E-state index is 5.29. The van der Waals surface area contributed by atoms with Gasteiger partial charge in [-0.25, -0.2) is 15.0 Å². The van der Waals surface area contributed by atoms with Gasteiger partial charge in [-0.15, -0.1) is 0 Å². The average Bonchev–Trinajstić information content (AvgIpc) is 3.87. The molecule has 0 spiro atoms. The largest absolute Gasteiger partial charge is 0.309 e. The highest BCUT2D eigenvalue weighted by Crippen LogP contribution is 2.46. The molecule has 0 aliphatic rings. The molecular weight excluding hydrogens is 755 g/mol. The fraction of sp³-hybridized carbons (Fsp3) is 0. The number of rotatable bonds is 5. The van der Waals surface area contributed by atoms with Crippen molar-refractivity contribution in [2.24, 2.45) is 0 Å². The maximum Gasteiger partial charge on any atom is 0.164 e. The number of nitrogens with zero attached hydrogens (tertiary/aromatic N) is 5. The minimum absolute atomic E-state index is 0.615. The normalized spacial score (nSPS) is 11.9. The summed E-state index contributed by atoms with van der Waals surface area (Å²) < 4.78 is 4.93. The zero-order valence-electron chi connectivity index (χ0n) is 33.4. The Morgan fingerprint density at radius 1 is 0.274 bits per heavy atom. The van der Waals surface area contributed by atoms with Crippen LogP contribution >= 0.6 is 0 Å². The Labute approximate surface area is 356 Å². The second-order valence-corrected chi connectivity index (χ2v) is 15.9. The molecule has 5 nitrogen and oxygen atoms in total. The molecule has 5 heteroatoms. The quantitative estimate of drug-likeness (QED) is 0.163. The van der Waals surface area contributed by atoms with Gasteiger partial charge in [0.1, 0.15) is 0 Å². The van der Waals surface area contributed by atoms with E-state index in [1.807, 2.05) is 36.4 Å². The highest BCUT2D eigenvalue weighted by atomic mass is 15.0. The van der Waals surface area contributed by atoms with E-state index in [1.54, 1.807) is 0 Å². The fourth-order valence-electron chi connectivity index (χ4n) is 9.87. The van der Waals surface area contributed by atoms with Crippen LogP contribution in [0.25, 0.3) is 121 Å². The first-order valence-corrected chi connectivity index (χ1v) is 21.0. The SMILES string of the molecule is c1ccc(-c2nc(-c3ccccc3)nc(-c3cc(-n4c5ccccc5c5ccc6c(c7ccccc7n6-c6ccccc6)c54)c4c5ccccc5c5ccccc5c4c3)n2)cc1. The molecule has 13 rings (SSSR count). The van der Waals surface area contributed by atoms with Crippen LogP contribution in [0, 0.1) is 0 Å². The smallest absolute Gasteiger partial charge is 0.164 e. The summed E-state index contributed by atoms with van der Waals surface area (Å²) in [5.41, 5.74) is 9.60. The Morgan fingerprint density at radius 2 is 0.742 bits per heavy atom. The molecule has 0 atom stereocenters. The average molecular weight is 790 g/mol. The van der Waals surface area contributed by atoms with E-state index in [0.29, 0.717) is 17.5 Å². The lowest BCUT2D eigenvalue weighted by Crippen LogP contribution is -2.02. The van der Waals surface area contributed by atoms with Crippen molar-refractivity contribution >= 4 is 75.9 Å². The Kier molecular flexibility index (Phi) is 7.54. The molecule has 0 radical (unpaired) electrons. The highest BCUT2D eigenvalue weighted by molar-refractivity contribution is 6.30. The van der Waals surface area contributed by atoms with Crippen molar-refractivity contribution in [2.75, 3.05) is 0 Å². The van der Waals surface area contributed by atoms with Crippen molar-refractivity contribution in [2.45, 2.75) is 0 Å². The van der Waals surface area contributed by atoms with Crippen LogP contribution in [0.15, 0.2) is 212 Å². The molecule has 0 saturated heterocycles. The van der Waals surface area contributed by atoms with Gasteiger partial charge >= 0.3 is 0 Å². The molecule has 0 aliphatic heterocycles. The topological polar surface area (TPSA) is 48.5 Å². The molecule has 0 N–H and O–H groups in total. The fourth-order valence-corrected chi connectivity index (χ4v) is 9.87. The van der Waals surface area contributed by atoms with Crippen LogP contribution in [0.1, 0.15) is 0 Å². The van der Waals surface area contributed by atoms with Crippen molar-refractivity contribution in [3.63, 3.8) is 0 Å². The minimum Gasteiger partial charge on any atom is -0.309 e. The van der Waals surface area contributed by atoms with Gasteiger partial charge in [0, 0.05) is 49.3 Å². The summed E-state index contributed by atoms with van der Waals surface area (Å²) in [6, 6.07) is 75.7. The van der Waals surface area contributed by atoms with Gasteiger partial charge in [-0.1, -0.05) is 170 Å². The second kappa shape index (κ2) is 13.6. The standard InChI is InChI=1S/C57H35N5/c1-4-18-36(19-5-1)55-58-56(37-20-6-2-7-21-37)60-57(59-55)38-34-47-42-26-11-10-24-40(42)41-25-12-13-28-44(41)52(47)51(35-38)62-48-30-16-14-27-43(48)45-32-33-50-53(54(45)62)46-29-15-17-31-49(46)61(50)39-22-8-3-9-23-39/h1-35H. The van der Waals surface area contributed by atoms with E-state index in [1.165, 1.54) is 54.0 Å². The predicted molar refractivity (Wildman–Crippen MR) is 257 cm³/mol. The van der Waals surface area contributed by atoms with Crippen molar-refractivity contribution < 1.29 is 0 Å². The molecule has 0 amide bonds. The molecule has 3 aromatic heterocycles. The summed E-state index contributed by atoms with van der Waals surface area (Å²) in [7, 11) is 0. The van der Waals surface area contributed by atoms with E-state index in [0.717, 1.165) is 50.0 Å². The molecule has 10 aromatic carbocycles. The van der Waals surface area contributed by atoms with Crippen LogP contribution in [0.2, 0.25) is 0 Å². The first-order chi connectivity index (χ1) is 30.8. The zero-order chi connectivity index (χ0) is 40.7. The molecular formula is C57H35N5. The number of benzene rings is 10. The molecule has 62 heavy (non-hydrogen) atoms. The van der Waals surface area contributed by atoms with Crippen LogP contribution in [0.4, 0.5) is 0 Å². The molecule has 288 valence electrons. The summed E-state index contributed by atoms with van der Waals surface area (Å²) in [5, 5.41) is 11.9. The number of hydrogen-bond acceptors (Lipinski definition) is 3. The van der Waals surface area contributed by atoms with Gasteiger partial charge in [-0.05, 0) is 69.4 Å². The van der Waals surface area contributed by atoms with Crippen molar-refractivity contribution in [3.05, 3.63) is 212 Å². The lowest BCUT2D eigenvalue weighted by molar-refractivity contribution is 1.07. The van der Waals surface area contributed by atoms with Crippen LogP contribution in [-0.2, 0) is 0 Å². The van der Waals surface area contributed by atoms with Crippen LogP contribution in [0.5, 0.6) is 0 Å². The third-order valence-electron chi connectivity index (χ3n) is 12.5. The summed E-state index contributed by atoms with van der Waals surface area (Å²) in [6.45, 7) is 0. The molecule has 0 fully saturated rings. The Balaban J connectivity index is 1.23. The third-order valence-corrected chi connectivity index (χ3v) is 12.5. The maximum atomic E-state index is 5.29. The lowest BCUT2D eigenvalue weighted by Gasteiger charge is -2.19. The van der Waals surface area contributed by atoms with Crippen molar-refractivity contribution in [1.82, 2.24) is 24.1 Å². The van der Waals surface area contributed by atoms with E-state index in [2.05, 4.69) is 185 Å². The van der Waals surface area contributed by atoms with Gasteiger partial charge < -0.3 is 9.13 Å². The Morgan fingerprint density at radius 3 is 1.37 bits per heavy atom. The first-order valence-electron chi connectivity index (χ1n) is 21.0. The van der Waals surface area contributed by atoms with Gasteiger partial charge in [0.25, 0.3) is 0 Å². The van der Waals surface area contributed by atoms with E-state index < -0.39 is 0 Å². The van der Waals surface area contributed by atoms with E-state index in [-0.39, 0.29) is 0 Å². The molecule has 0 bridgehead atoms. The van der Waals surface area contributed by atoms with Crippen LogP contribution in [-0.4, -0.2) is 24.1 Å². The second-order valence-electron chi connectivity index (χ2n) is 15.9. The van der Waals surface area contributed by atoms with Gasteiger partial charge in [0.15, 0.2) is 17.5 Å². The summed E-state index contributed by atoms with van der Waals surface area (Å²) in [4.78, 5) is 15.6. The monoisotopic (exact) mass is 789 g/mol. The molecule has 0 aliphatic carbocycles. The van der Waals surface area contributed by atoms with Crippen molar-refractivity contribution in [3.8, 4) is 45.5 Å². The van der Waals surface area contributed by atoms with Gasteiger partial charge in [0.05, 0.1) is 27.8 Å². The van der Waals surface area contributed by atoms with Crippen LogP contribution in [0.3, 0.4) is 0 Å². The molecule has 0 unspecified atom stereocenters. The predicted octanol–water partition coefficient (Wildman–Crippen LogP) is 14.5. The molecule has 13 aromatic rings.